The molecule has 0 fully saturated rings. The maximum Gasteiger partial charge on any atom is 0.152 e. The summed E-state index contributed by atoms with van der Waals surface area (Å²) < 4.78 is 1.98. The van der Waals surface area contributed by atoms with Gasteiger partial charge in [0, 0.05) is 29.7 Å². The van der Waals surface area contributed by atoms with Gasteiger partial charge < -0.3 is 9.38 Å². The Morgan fingerprint density at radius 1 is 1.33 bits per heavy atom. The van der Waals surface area contributed by atoms with Crippen molar-refractivity contribution in [3.63, 3.8) is 0 Å². The highest BCUT2D eigenvalue weighted by atomic mass is 16.1. The van der Waals surface area contributed by atoms with Crippen LogP contribution in [0.25, 0.3) is 16.8 Å². The third kappa shape index (κ3) is 1.48. The molecule has 1 N–H and O–H groups in total. The molecule has 18 heavy (non-hydrogen) atoms. The molecule has 0 atom stereocenters. The number of pyridine rings is 1. The minimum Gasteiger partial charge on any atom is -0.361 e. The molecule has 0 amide bonds. The topological polar surface area (TPSA) is 37.3 Å². The van der Waals surface area contributed by atoms with Crippen molar-refractivity contribution >= 4 is 11.8 Å². The third-order valence-electron chi connectivity index (χ3n) is 3.48. The molecule has 0 saturated heterocycles. The van der Waals surface area contributed by atoms with E-state index in [2.05, 4.69) is 18.8 Å². The second kappa shape index (κ2) is 3.88. The van der Waals surface area contributed by atoms with Gasteiger partial charge in [0.2, 0.25) is 0 Å². The van der Waals surface area contributed by atoms with Crippen LogP contribution in [0.5, 0.6) is 0 Å². The van der Waals surface area contributed by atoms with Crippen LogP contribution in [0.4, 0.5) is 0 Å². The first-order chi connectivity index (χ1) is 8.70. The summed E-state index contributed by atoms with van der Waals surface area (Å²) in [6, 6.07) is 5.76. The van der Waals surface area contributed by atoms with Crippen molar-refractivity contribution in [2.45, 2.75) is 13.8 Å². The number of aryl methyl sites for hydroxylation is 1. The molecule has 0 bridgehead atoms. The quantitative estimate of drug-likeness (QED) is 0.683. The molecule has 90 valence electrons. The fourth-order valence-electron chi connectivity index (χ4n) is 2.29. The lowest BCUT2D eigenvalue weighted by molar-refractivity contribution is 0.112. The van der Waals surface area contributed by atoms with E-state index in [1.165, 1.54) is 11.1 Å². The standard InChI is InChI=1S/C15H14N2O/c1-10-7-16-15(11(10)2)13-6-14-12(9-18)4-3-5-17(14)8-13/h3-9,16H,1-2H3. The summed E-state index contributed by atoms with van der Waals surface area (Å²) in [4.78, 5) is 14.3. The molecule has 3 heterocycles. The fraction of sp³-hybridized carbons (Fsp3) is 0.133. The van der Waals surface area contributed by atoms with Gasteiger partial charge in [-0.05, 0) is 43.2 Å². The smallest absolute Gasteiger partial charge is 0.152 e. The van der Waals surface area contributed by atoms with Gasteiger partial charge in [-0.3, -0.25) is 4.79 Å². The fourth-order valence-corrected chi connectivity index (χ4v) is 2.29. The first kappa shape index (κ1) is 10.8. The van der Waals surface area contributed by atoms with Crippen molar-refractivity contribution in [3.8, 4) is 11.3 Å². The molecule has 0 aromatic carbocycles. The summed E-state index contributed by atoms with van der Waals surface area (Å²) in [6.07, 6.45) is 6.90. The second-order valence-electron chi connectivity index (χ2n) is 4.57. The molecule has 0 aliphatic heterocycles. The number of carbonyl (C=O) groups is 1. The van der Waals surface area contributed by atoms with E-state index in [0.29, 0.717) is 5.56 Å². The predicted octanol–water partition coefficient (Wildman–Crippen LogP) is 3.36. The van der Waals surface area contributed by atoms with Crippen LogP contribution < -0.4 is 0 Å². The van der Waals surface area contributed by atoms with Crippen LogP contribution in [-0.2, 0) is 0 Å². The molecule has 3 heteroatoms. The molecule has 3 aromatic rings. The Morgan fingerprint density at radius 2 is 2.17 bits per heavy atom. The van der Waals surface area contributed by atoms with Gasteiger partial charge in [-0.2, -0.15) is 0 Å². The number of aromatic amines is 1. The molecule has 3 rings (SSSR count). The molecule has 0 aliphatic rings. The number of fused-ring (bicyclic) bond motifs is 1. The Labute approximate surface area is 105 Å². The Hall–Kier alpha value is -2.29. The van der Waals surface area contributed by atoms with Crippen molar-refractivity contribution < 1.29 is 4.79 Å². The molecule has 0 saturated carbocycles. The average Bonchev–Trinajstić information content (AvgIpc) is 2.94. The lowest BCUT2D eigenvalue weighted by atomic mass is 10.1. The molecule has 3 nitrogen and oxygen atoms in total. The highest BCUT2D eigenvalue weighted by Gasteiger charge is 2.10. The van der Waals surface area contributed by atoms with Crippen LogP contribution in [0.1, 0.15) is 21.5 Å². The Bertz CT molecular complexity index is 734. The SMILES string of the molecule is Cc1c[nH]c(-c2cc3c(C=O)cccn3c2)c1C. The first-order valence-corrected chi connectivity index (χ1v) is 5.91. The lowest BCUT2D eigenvalue weighted by Crippen LogP contribution is -1.86. The van der Waals surface area contributed by atoms with Crippen LogP contribution in [0.2, 0.25) is 0 Å². The van der Waals surface area contributed by atoms with Gasteiger partial charge in [0.25, 0.3) is 0 Å². The number of carbonyl (C=O) groups excluding carboxylic acids is 1. The zero-order valence-electron chi connectivity index (χ0n) is 10.4. The number of nitrogens with zero attached hydrogens (tertiary/aromatic N) is 1. The highest BCUT2D eigenvalue weighted by molar-refractivity contribution is 5.88. The molecule has 0 unspecified atom stereocenters. The molecule has 3 aromatic heterocycles. The Balaban J connectivity index is 2.25. The minimum absolute atomic E-state index is 0.713. The van der Waals surface area contributed by atoms with E-state index >= 15 is 0 Å². The van der Waals surface area contributed by atoms with E-state index in [1.807, 2.05) is 41.2 Å². The van der Waals surface area contributed by atoms with Crippen molar-refractivity contribution in [1.82, 2.24) is 9.38 Å². The van der Waals surface area contributed by atoms with Gasteiger partial charge in [0.15, 0.2) is 6.29 Å². The molecular weight excluding hydrogens is 224 g/mol. The summed E-state index contributed by atoms with van der Waals surface area (Å²) in [6.45, 7) is 4.19. The number of aromatic nitrogens is 2. The zero-order valence-corrected chi connectivity index (χ0v) is 10.4. The van der Waals surface area contributed by atoms with Crippen LogP contribution in [0, 0.1) is 13.8 Å². The average molecular weight is 238 g/mol. The largest absolute Gasteiger partial charge is 0.361 e. The van der Waals surface area contributed by atoms with E-state index in [-0.39, 0.29) is 0 Å². The van der Waals surface area contributed by atoms with Gasteiger partial charge in [0.1, 0.15) is 0 Å². The third-order valence-corrected chi connectivity index (χ3v) is 3.48. The van der Waals surface area contributed by atoms with Crippen molar-refractivity contribution in [3.05, 3.63) is 53.5 Å². The number of hydrogen-bond acceptors (Lipinski definition) is 1. The van der Waals surface area contributed by atoms with Crippen LogP contribution >= 0.6 is 0 Å². The molecule has 0 spiro atoms. The lowest BCUT2D eigenvalue weighted by Gasteiger charge is -1.95. The van der Waals surface area contributed by atoms with Gasteiger partial charge in [-0.25, -0.2) is 0 Å². The van der Waals surface area contributed by atoms with Gasteiger partial charge >= 0.3 is 0 Å². The summed E-state index contributed by atoms with van der Waals surface area (Å²) >= 11 is 0. The molecule has 0 aliphatic carbocycles. The van der Waals surface area contributed by atoms with Crippen LogP contribution in [0.15, 0.2) is 36.8 Å². The second-order valence-corrected chi connectivity index (χ2v) is 4.57. The molecule has 0 radical (unpaired) electrons. The molecular formula is C15H14N2O. The zero-order chi connectivity index (χ0) is 12.7. The minimum atomic E-state index is 0.713. The highest BCUT2D eigenvalue weighted by Crippen LogP contribution is 2.27. The maximum atomic E-state index is 11.0. The summed E-state index contributed by atoms with van der Waals surface area (Å²) in [5.41, 5.74) is 6.37. The monoisotopic (exact) mass is 238 g/mol. The Morgan fingerprint density at radius 3 is 2.83 bits per heavy atom. The van der Waals surface area contributed by atoms with Crippen molar-refractivity contribution in [2.75, 3.05) is 0 Å². The van der Waals surface area contributed by atoms with Crippen molar-refractivity contribution in [2.24, 2.45) is 0 Å². The summed E-state index contributed by atoms with van der Waals surface area (Å²) in [5, 5.41) is 0. The Kier molecular flexibility index (Phi) is 2.33. The van der Waals surface area contributed by atoms with E-state index in [4.69, 9.17) is 0 Å². The maximum absolute atomic E-state index is 11.0. The van der Waals surface area contributed by atoms with Gasteiger partial charge in [-0.1, -0.05) is 0 Å². The number of hydrogen-bond donors (Lipinski definition) is 1. The number of H-pyrrole nitrogens is 1. The van der Waals surface area contributed by atoms with E-state index in [0.717, 1.165) is 23.1 Å². The van der Waals surface area contributed by atoms with E-state index in [9.17, 15) is 4.79 Å². The normalized spacial score (nSPS) is 11.0. The predicted molar refractivity (Wildman–Crippen MR) is 72.0 cm³/mol. The first-order valence-electron chi connectivity index (χ1n) is 5.91. The summed E-state index contributed by atoms with van der Waals surface area (Å²) in [5.74, 6) is 0. The van der Waals surface area contributed by atoms with Crippen LogP contribution in [0.3, 0.4) is 0 Å². The van der Waals surface area contributed by atoms with Crippen molar-refractivity contribution in [1.29, 1.82) is 0 Å². The van der Waals surface area contributed by atoms with E-state index < -0.39 is 0 Å². The van der Waals surface area contributed by atoms with Gasteiger partial charge in [-0.15, -0.1) is 0 Å². The summed E-state index contributed by atoms with van der Waals surface area (Å²) in [7, 11) is 0. The van der Waals surface area contributed by atoms with Gasteiger partial charge in [0.05, 0.1) is 11.2 Å². The number of rotatable bonds is 2. The van der Waals surface area contributed by atoms with Crippen LogP contribution in [-0.4, -0.2) is 15.7 Å². The number of nitrogens with one attached hydrogen (secondary N) is 1. The number of aldehydes is 1. The van der Waals surface area contributed by atoms with E-state index in [1.54, 1.807) is 0 Å².